The molecule has 1 aliphatic heterocycles. The predicted molar refractivity (Wildman–Crippen MR) is 142 cm³/mol. The van der Waals surface area contributed by atoms with E-state index in [9.17, 15) is 4.79 Å². The van der Waals surface area contributed by atoms with Crippen LogP contribution in [0.25, 0.3) is 20.9 Å². The third-order valence-corrected chi connectivity index (χ3v) is 7.22. The Morgan fingerprint density at radius 3 is 2.65 bits per heavy atom. The average Bonchev–Trinajstić information content (AvgIpc) is 3.48. The number of rotatable bonds is 6. The Hall–Kier alpha value is -3.59. The van der Waals surface area contributed by atoms with Gasteiger partial charge in [0.15, 0.2) is 5.75 Å². The third-order valence-electron chi connectivity index (χ3n) is 6.08. The van der Waals surface area contributed by atoms with Crippen LogP contribution in [-0.4, -0.2) is 53.1 Å². The molecule has 0 spiro atoms. The molecule has 0 atom stereocenters. The molecular weight excluding hydrogens is 490 g/mol. The van der Waals surface area contributed by atoms with Crippen molar-refractivity contribution < 1.29 is 23.4 Å². The summed E-state index contributed by atoms with van der Waals surface area (Å²) in [5.74, 6) is 2.51. The van der Waals surface area contributed by atoms with E-state index in [0.717, 1.165) is 32.0 Å². The van der Waals surface area contributed by atoms with Crippen LogP contribution in [0.4, 0.5) is 4.79 Å². The highest BCUT2D eigenvalue weighted by atomic mass is 32.1. The van der Waals surface area contributed by atoms with Crippen molar-refractivity contribution in [1.29, 1.82) is 0 Å². The molecule has 194 valence electrons. The molecule has 9 heteroatoms. The van der Waals surface area contributed by atoms with Crippen LogP contribution in [0.15, 0.2) is 52.9 Å². The zero-order valence-electron chi connectivity index (χ0n) is 21.5. The van der Waals surface area contributed by atoms with Crippen molar-refractivity contribution in [2.24, 2.45) is 0 Å². The highest BCUT2D eigenvalue weighted by molar-refractivity contribution is 7.22. The molecule has 0 unspecified atom stereocenters. The lowest BCUT2D eigenvalue weighted by molar-refractivity contribution is 0.0128. The number of benzene rings is 2. The number of carbonyl (C=O) groups excluding carboxylic acids is 1. The van der Waals surface area contributed by atoms with Crippen LogP contribution in [-0.2, 0) is 11.2 Å². The quantitative estimate of drug-likeness (QED) is 0.293. The molecule has 37 heavy (non-hydrogen) atoms. The average molecular weight is 522 g/mol. The molecule has 1 aliphatic rings. The van der Waals surface area contributed by atoms with Crippen LogP contribution in [0.3, 0.4) is 0 Å². The molecule has 1 amide bonds. The van der Waals surface area contributed by atoms with E-state index in [1.54, 1.807) is 23.3 Å². The zero-order chi connectivity index (χ0) is 26.0. The second kappa shape index (κ2) is 10.4. The Balaban J connectivity index is 1.33. The number of thiophene rings is 1. The van der Waals surface area contributed by atoms with Crippen LogP contribution in [0.5, 0.6) is 11.5 Å². The predicted octanol–water partition coefficient (Wildman–Crippen LogP) is 6.33. The molecule has 0 aliphatic carbocycles. The zero-order valence-corrected chi connectivity index (χ0v) is 22.3. The fourth-order valence-corrected chi connectivity index (χ4v) is 5.36. The molecule has 2 aromatic carbocycles. The number of nitrogens with zero attached hydrogens (tertiary/aromatic N) is 3. The lowest BCUT2D eigenvalue weighted by atomic mass is 10.1. The number of ether oxygens (including phenoxy) is 3. The maximum atomic E-state index is 12.5. The number of methoxy groups -OCH3 is 1. The van der Waals surface area contributed by atoms with Gasteiger partial charge in [0.05, 0.1) is 13.5 Å². The van der Waals surface area contributed by atoms with Gasteiger partial charge < -0.3 is 23.5 Å². The number of likely N-dealkylation sites (tertiary alicyclic amines) is 1. The molecule has 3 heterocycles. The van der Waals surface area contributed by atoms with E-state index in [4.69, 9.17) is 18.6 Å². The van der Waals surface area contributed by atoms with Crippen molar-refractivity contribution in [3.8, 4) is 22.3 Å². The Morgan fingerprint density at radius 2 is 1.89 bits per heavy atom. The smallest absolute Gasteiger partial charge is 0.410 e. The molecule has 2 aromatic heterocycles. The summed E-state index contributed by atoms with van der Waals surface area (Å²) in [5, 5.41) is 9.67. The molecule has 0 bridgehead atoms. The van der Waals surface area contributed by atoms with Crippen LogP contribution >= 0.6 is 11.3 Å². The largest absolute Gasteiger partial charge is 0.497 e. The van der Waals surface area contributed by atoms with Crippen molar-refractivity contribution in [2.45, 2.75) is 51.7 Å². The van der Waals surface area contributed by atoms with Crippen LogP contribution in [0.2, 0.25) is 0 Å². The van der Waals surface area contributed by atoms with Crippen LogP contribution in [0.1, 0.15) is 45.1 Å². The third kappa shape index (κ3) is 5.88. The van der Waals surface area contributed by atoms with Gasteiger partial charge in [0.2, 0.25) is 5.89 Å². The summed E-state index contributed by atoms with van der Waals surface area (Å²) in [5.41, 5.74) is 0.517. The number of piperidine rings is 1. The van der Waals surface area contributed by atoms with Crippen molar-refractivity contribution in [2.75, 3.05) is 20.2 Å². The number of aromatic nitrogens is 2. The summed E-state index contributed by atoms with van der Waals surface area (Å²) < 4.78 is 24.6. The first-order valence-corrected chi connectivity index (χ1v) is 13.2. The van der Waals surface area contributed by atoms with Gasteiger partial charge in [-0.2, -0.15) is 0 Å². The van der Waals surface area contributed by atoms with E-state index in [2.05, 4.69) is 16.3 Å². The van der Waals surface area contributed by atoms with Gasteiger partial charge in [0.25, 0.3) is 5.89 Å². The van der Waals surface area contributed by atoms with Gasteiger partial charge in [-0.05, 0) is 50.6 Å². The van der Waals surface area contributed by atoms with Gasteiger partial charge in [-0.15, -0.1) is 21.5 Å². The fraction of sp³-hybridized carbons (Fsp3) is 0.393. The van der Waals surface area contributed by atoms with E-state index in [0.29, 0.717) is 44.1 Å². The Kier molecular flexibility index (Phi) is 7.06. The molecule has 1 saturated heterocycles. The van der Waals surface area contributed by atoms with Gasteiger partial charge in [0.1, 0.15) is 22.3 Å². The van der Waals surface area contributed by atoms with Gasteiger partial charge in [-0.25, -0.2) is 4.79 Å². The normalized spacial score (nSPS) is 14.6. The SMILES string of the molecule is COc1cccc(Cc2nnc(-c3sc4ccccc4c3OC3CCN(C(=O)OC(C)(C)C)CC3)o2)c1. The molecule has 8 nitrogen and oxygen atoms in total. The lowest BCUT2D eigenvalue weighted by Gasteiger charge is -2.33. The van der Waals surface area contributed by atoms with E-state index in [1.165, 1.54) is 0 Å². The van der Waals surface area contributed by atoms with Gasteiger partial charge in [-0.3, -0.25) is 0 Å². The fourth-order valence-electron chi connectivity index (χ4n) is 4.30. The number of amides is 1. The molecular formula is C28H31N3O5S. The first-order chi connectivity index (χ1) is 17.8. The second-order valence-corrected chi connectivity index (χ2v) is 11.1. The Labute approximate surface area is 220 Å². The highest BCUT2D eigenvalue weighted by Gasteiger charge is 2.29. The lowest BCUT2D eigenvalue weighted by Crippen LogP contribution is -2.44. The summed E-state index contributed by atoms with van der Waals surface area (Å²) in [6.45, 7) is 6.81. The maximum Gasteiger partial charge on any atom is 0.410 e. The van der Waals surface area contributed by atoms with Crippen LogP contribution < -0.4 is 9.47 Å². The second-order valence-electron chi connectivity index (χ2n) is 10.1. The molecule has 0 saturated carbocycles. The van der Waals surface area contributed by atoms with Gasteiger partial charge >= 0.3 is 6.09 Å². The Bertz CT molecular complexity index is 1380. The molecule has 1 fully saturated rings. The summed E-state index contributed by atoms with van der Waals surface area (Å²) in [6.07, 6.45) is 1.63. The molecule has 5 rings (SSSR count). The van der Waals surface area contributed by atoms with E-state index >= 15 is 0 Å². The number of hydrogen-bond donors (Lipinski definition) is 0. The number of fused-ring (bicyclic) bond motifs is 1. The minimum absolute atomic E-state index is 0.0328. The van der Waals surface area contributed by atoms with E-state index in [1.807, 2.05) is 63.2 Å². The van der Waals surface area contributed by atoms with Gasteiger partial charge in [-0.1, -0.05) is 24.3 Å². The van der Waals surface area contributed by atoms with E-state index < -0.39 is 5.60 Å². The van der Waals surface area contributed by atoms with Gasteiger partial charge in [0, 0.05) is 36.0 Å². The van der Waals surface area contributed by atoms with Crippen molar-refractivity contribution >= 4 is 27.5 Å². The number of carbonyl (C=O) groups is 1. The van der Waals surface area contributed by atoms with Crippen molar-refractivity contribution in [1.82, 2.24) is 15.1 Å². The molecule has 0 N–H and O–H groups in total. The standard InChI is InChI=1S/C28H31N3O5S/c1-28(2,3)36-27(32)31-14-12-19(13-15-31)34-24-21-10-5-6-11-22(21)37-25(24)26-30-29-23(35-26)17-18-8-7-9-20(16-18)33-4/h5-11,16,19H,12-15,17H2,1-4H3. The topological polar surface area (TPSA) is 86.9 Å². The molecule has 4 aromatic rings. The first-order valence-electron chi connectivity index (χ1n) is 12.4. The van der Waals surface area contributed by atoms with Crippen LogP contribution in [0, 0.1) is 0 Å². The number of hydrogen-bond acceptors (Lipinski definition) is 8. The minimum Gasteiger partial charge on any atom is -0.497 e. The van der Waals surface area contributed by atoms with Crippen molar-refractivity contribution in [3.63, 3.8) is 0 Å². The monoisotopic (exact) mass is 521 g/mol. The molecule has 0 radical (unpaired) electrons. The van der Waals surface area contributed by atoms with E-state index in [-0.39, 0.29) is 12.2 Å². The Morgan fingerprint density at radius 1 is 1.11 bits per heavy atom. The summed E-state index contributed by atoms with van der Waals surface area (Å²) in [7, 11) is 1.65. The summed E-state index contributed by atoms with van der Waals surface area (Å²) in [4.78, 5) is 15.0. The first kappa shape index (κ1) is 25.1. The summed E-state index contributed by atoms with van der Waals surface area (Å²) >= 11 is 1.58. The summed E-state index contributed by atoms with van der Waals surface area (Å²) in [6, 6.07) is 15.9. The van der Waals surface area contributed by atoms with Crippen molar-refractivity contribution in [3.05, 3.63) is 60.0 Å². The minimum atomic E-state index is -0.509. The highest BCUT2D eigenvalue weighted by Crippen LogP contribution is 2.45. The maximum absolute atomic E-state index is 12.5.